The summed E-state index contributed by atoms with van der Waals surface area (Å²) in [6.45, 7) is 0. The first kappa shape index (κ1) is 16.9. The van der Waals surface area contributed by atoms with Gasteiger partial charge in [-0.25, -0.2) is 0 Å². The van der Waals surface area contributed by atoms with Gasteiger partial charge in [-0.2, -0.15) is 0 Å². The van der Waals surface area contributed by atoms with Crippen LogP contribution in [0.4, 0.5) is 0 Å². The molecule has 9 heavy (non-hydrogen) atoms. The van der Waals surface area contributed by atoms with Gasteiger partial charge in [0.05, 0.1) is 0 Å². The molecule has 0 N–H and O–H groups in total. The van der Waals surface area contributed by atoms with Crippen molar-refractivity contribution < 1.29 is 62.7 Å². The molecular weight excluding hydrogens is 382 g/mol. The summed E-state index contributed by atoms with van der Waals surface area (Å²) < 4.78 is 51.4. The van der Waals surface area contributed by atoms with E-state index >= 15 is 0 Å². The van der Waals surface area contributed by atoms with Gasteiger partial charge in [0.2, 0.25) is 0 Å². The molecule has 56 valence electrons. The van der Waals surface area contributed by atoms with Gasteiger partial charge in [-0.3, -0.25) is 0 Å². The van der Waals surface area contributed by atoms with E-state index in [-0.39, 0.29) is 13.5 Å². The monoisotopic (exact) mass is 382 g/mol. The molecule has 0 aliphatic rings. The zero-order chi connectivity index (χ0) is 7.15. The van der Waals surface area contributed by atoms with E-state index in [4.69, 9.17) is 20.6 Å². The molecule has 0 unspecified atom stereocenters. The molecule has 0 aromatic carbocycles. The Balaban J connectivity index is -0.0000000720. The largest absolute Gasteiger partial charge is 2.00 e. The third-order valence-corrected chi connectivity index (χ3v) is 0. The summed E-state index contributed by atoms with van der Waals surface area (Å²) in [6.07, 6.45) is 0. The van der Waals surface area contributed by atoms with Crippen LogP contribution in [0.15, 0.2) is 0 Å². The Bertz CT molecular complexity index is 26.5. The quantitative estimate of drug-likeness (QED) is 0.382. The van der Waals surface area contributed by atoms with E-state index in [0.29, 0.717) is 0 Å². The van der Waals surface area contributed by atoms with Gasteiger partial charge in [-0.05, 0) is 0 Å². The van der Waals surface area contributed by atoms with E-state index < -0.39 is 42.1 Å². The molecule has 0 fully saturated rings. The maximum absolute atomic E-state index is 8.57. The average molecular weight is 382 g/mol. The normalized spacial score (nSPS) is 8.00. The van der Waals surface area contributed by atoms with Gasteiger partial charge >= 0.3 is 13.5 Å². The van der Waals surface area contributed by atoms with Crippen LogP contribution < -0.4 is 62.7 Å². The second-order valence-corrected chi connectivity index (χ2v) is 2.54. The molecule has 0 spiro atoms. The molecule has 0 heterocycles. The fraction of sp³-hybridized carbons (Fsp3) is 0. The Morgan fingerprint density at radius 3 is 0.556 bits per heavy atom. The first-order chi connectivity index (χ1) is 3.46. The number of halogens is 2. The summed E-state index contributed by atoms with van der Waals surface area (Å²) in [5.74, 6) is 0. The Morgan fingerprint density at radius 2 is 0.556 bits per heavy atom. The van der Waals surface area contributed by atoms with Crippen LogP contribution in [-0.2, 0) is 13.5 Å². The molecular formula is I2O6S. The van der Waals surface area contributed by atoms with E-state index in [0.717, 1.165) is 0 Å². The molecule has 9 heteroatoms. The van der Waals surface area contributed by atoms with Gasteiger partial charge in [-0.1, -0.05) is 0 Å². The topological polar surface area (TPSA) is 138 Å². The van der Waals surface area contributed by atoms with Crippen LogP contribution >= 0.6 is 0 Å². The van der Waals surface area contributed by atoms with Crippen molar-refractivity contribution in [3.05, 3.63) is 0 Å². The Hall–Kier alpha value is 1.57. The van der Waals surface area contributed by atoms with E-state index in [9.17, 15) is 0 Å². The smallest absolute Gasteiger partial charge is 0.427 e. The van der Waals surface area contributed by atoms with Gasteiger partial charge in [0.25, 0.3) is 42.1 Å². The van der Waals surface area contributed by atoms with Crippen LogP contribution in [-0.4, -0.2) is 0 Å². The molecule has 0 saturated carbocycles. The Labute approximate surface area is 75.7 Å². The standard InChI is InChI=1S/2IO3.S/c2*2-1(3)4;/q2*-1;+2. The molecule has 4 radical (unpaired) electrons. The molecule has 0 rings (SSSR count). The highest BCUT2D eigenvalue weighted by atomic mass is 127. The van der Waals surface area contributed by atoms with Crippen LogP contribution in [0, 0.1) is 0 Å². The lowest BCUT2D eigenvalue weighted by atomic mass is 16.0. The number of hydrogen-bond acceptors (Lipinski definition) is 6. The van der Waals surface area contributed by atoms with Crippen molar-refractivity contribution in [2.75, 3.05) is 0 Å². The molecule has 0 bridgehead atoms. The van der Waals surface area contributed by atoms with Gasteiger partial charge in [0.1, 0.15) is 0 Å². The molecule has 0 aromatic heterocycles. The molecule has 6 nitrogen and oxygen atoms in total. The number of hydrogen-bond donors (Lipinski definition) is 0. The predicted octanol–water partition coefficient (Wildman–Crippen LogP) is -13.1. The van der Waals surface area contributed by atoms with E-state index in [1.807, 2.05) is 0 Å². The minimum absolute atomic E-state index is 0. The second-order valence-electron chi connectivity index (χ2n) is 0.378. The number of rotatable bonds is 0. The fourth-order valence-electron chi connectivity index (χ4n) is 0. The summed E-state index contributed by atoms with van der Waals surface area (Å²) in [6, 6.07) is 0. The van der Waals surface area contributed by atoms with E-state index in [2.05, 4.69) is 0 Å². The predicted molar refractivity (Wildman–Crippen MR) is 7.37 cm³/mol. The summed E-state index contributed by atoms with van der Waals surface area (Å²) in [5, 5.41) is 0. The van der Waals surface area contributed by atoms with Gasteiger partial charge in [0, 0.05) is 0 Å². The van der Waals surface area contributed by atoms with Crippen molar-refractivity contribution in [3.8, 4) is 0 Å². The maximum Gasteiger partial charge on any atom is 2.00 e. The van der Waals surface area contributed by atoms with Crippen LogP contribution in [0.1, 0.15) is 0 Å². The molecule has 0 atom stereocenters. The van der Waals surface area contributed by atoms with Crippen LogP contribution in [0.25, 0.3) is 0 Å². The zero-order valence-corrected chi connectivity index (χ0v) is 8.75. The van der Waals surface area contributed by atoms with Crippen molar-refractivity contribution in [2.45, 2.75) is 0 Å². The SMILES string of the molecule is [O-][I+2]([O-])[O-].[O-][I+2]([O-])[O-].[S+2]. The van der Waals surface area contributed by atoms with Crippen molar-refractivity contribution in [2.24, 2.45) is 0 Å². The van der Waals surface area contributed by atoms with E-state index in [1.165, 1.54) is 0 Å². The highest BCUT2D eigenvalue weighted by molar-refractivity contribution is 7.37. The lowest BCUT2D eigenvalue weighted by molar-refractivity contribution is -1.73. The maximum atomic E-state index is 8.57. The summed E-state index contributed by atoms with van der Waals surface area (Å²) in [5.41, 5.74) is 0. The van der Waals surface area contributed by atoms with Crippen molar-refractivity contribution >= 4 is 13.5 Å². The van der Waals surface area contributed by atoms with Crippen LogP contribution in [0.5, 0.6) is 0 Å². The lowest BCUT2D eigenvalue weighted by Crippen LogP contribution is -4.05. The minimum Gasteiger partial charge on any atom is -0.427 e. The summed E-state index contributed by atoms with van der Waals surface area (Å²) in [4.78, 5) is 0. The van der Waals surface area contributed by atoms with Gasteiger partial charge in [-0.15, -0.1) is 0 Å². The molecule has 0 aromatic rings. The zero-order valence-electron chi connectivity index (χ0n) is 3.61. The lowest BCUT2D eigenvalue weighted by Gasteiger charge is -1.84. The highest BCUT2D eigenvalue weighted by Crippen LogP contribution is -0.00234. The first-order valence-electron chi connectivity index (χ1n) is 0.926. The third-order valence-electron chi connectivity index (χ3n) is 0. The van der Waals surface area contributed by atoms with Crippen LogP contribution in [0.2, 0.25) is 0 Å². The fourth-order valence-corrected chi connectivity index (χ4v) is 0. The molecule has 0 saturated heterocycles. The van der Waals surface area contributed by atoms with Crippen molar-refractivity contribution in [3.63, 3.8) is 0 Å². The van der Waals surface area contributed by atoms with Crippen molar-refractivity contribution in [1.82, 2.24) is 0 Å². The first-order valence-corrected chi connectivity index (χ1v) is 6.21. The van der Waals surface area contributed by atoms with Gasteiger partial charge < -0.3 is 20.6 Å². The second kappa shape index (κ2) is 12.3. The summed E-state index contributed by atoms with van der Waals surface area (Å²) in [7, 11) is 0. The Morgan fingerprint density at radius 1 is 0.556 bits per heavy atom. The van der Waals surface area contributed by atoms with Gasteiger partial charge in [0.15, 0.2) is 0 Å². The minimum atomic E-state index is -4.01. The molecule has 0 aliphatic carbocycles. The third kappa shape index (κ3) is 222. The molecule has 0 aliphatic heterocycles. The average Bonchev–Trinajstić information content (AvgIpc) is 1.25. The summed E-state index contributed by atoms with van der Waals surface area (Å²) >= 11 is -8.03. The highest BCUT2D eigenvalue weighted by Gasteiger charge is 2.00. The van der Waals surface area contributed by atoms with E-state index in [1.54, 1.807) is 0 Å². The van der Waals surface area contributed by atoms with Crippen LogP contribution in [0.3, 0.4) is 0 Å². The van der Waals surface area contributed by atoms with Crippen molar-refractivity contribution in [1.29, 1.82) is 0 Å². The Kier molecular flexibility index (Phi) is 23.0. The molecule has 0 amide bonds.